The smallest absolute Gasteiger partial charge is 0.141 e. The summed E-state index contributed by atoms with van der Waals surface area (Å²) in [6.45, 7) is 1.87. The molecule has 0 fully saturated rings. The Morgan fingerprint density at radius 2 is 2.00 bits per heavy atom. The van der Waals surface area contributed by atoms with Crippen molar-refractivity contribution in [3.8, 4) is 0 Å². The van der Waals surface area contributed by atoms with Gasteiger partial charge in [0.2, 0.25) is 0 Å². The van der Waals surface area contributed by atoms with E-state index in [1.807, 2.05) is 13.0 Å². The molecule has 1 nitrogen and oxygen atoms in total. The van der Waals surface area contributed by atoms with Gasteiger partial charge in [-0.15, -0.1) is 11.3 Å². The molecule has 1 atom stereocenters. The first kappa shape index (κ1) is 12.8. The van der Waals surface area contributed by atoms with Gasteiger partial charge < -0.3 is 5.11 Å². The average molecular weight is 291 g/mol. The summed E-state index contributed by atoms with van der Waals surface area (Å²) >= 11 is 12.9. The second kappa shape index (κ2) is 4.94. The SMILES string of the molecule is Cc1cc(C(O)c2ccc(F)c(Cl)c2)sc1Cl. The van der Waals surface area contributed by atoms with Gasteiger partial charge in [0.15, 0.2) is 0 Å². The van der Waals surface area contributed by atoms with Gasteiger partial charge in [-0.2, -0.15) is 0 Å². The van der Waals surface area contributed by atoms with Crippen molar-refractivity contribution >= 4 is 34.5 Å². The van der Waals surface area contributed by atoms with E-state index in [-0.39, 0.29) is 5.02 Å². The molecule has 0 radical (unpaired) electrons. The molecule has 0 amide bonds. The van der Waals surface area contributed by atoms with Crippen LogP contribution in [0.3, 0.4) is 0 Å². The standard InChI is InChI=1S/C12H9Cl2FOS/c1-6-4-10(17-12(6)14)11(16)7-2-3-9(15)8(13)5-7/h2-5,11,16H,1H3. The molecule has 0 aliphatic heterocycles. The van der Waals surface area contributed by atoms with E-state index < -0.39 is 11.9 Å². The first-order valence-electron chi connectivity index (χ1n) is 4.88. The van der Waals surface area contributed by atoms with Crippen molar-refractivity contribution in [2.45, 2.75) is 13.0 Å². The van der Waals surface area contributed by atoms with E-state index >= 15 is 0 Å². The van der Waals surface area contributed by atoms with Crippen LogP contribution in [0.4, 0.5) is 4.39 Å². The lowest BCUT2D eigenvalue weighted by Crippen LogP contribution is -1.97. The number of aliphatic hydroxyl groups excluding tert-OH is 1. The Labute approximate surface area is 112 Å². The Balaban J connectivity index is 2.36. The third-order valence-electron chi connectivity index (χ3n) is 2.41. The van der Waals surface area contributed by atoms with Crippen LogP contribution in [0, 0.1) is 12.7 Å². The molecule has 1 aromatic heterocycles. The molecule has 2 aromatic rings. The zero-order chi connectivity index (χ0) is 12.6. The van der Waals surface area contributed by atoms with Crippen molar-refractivity contribution in [2.24, 2.45) is 0 Å². The van der Waals surface area contributed by atoms with E-state index in [1.165, 1.54) is 29.5 Å². The molecule has 0 saturated carbocycles. The van der Waals surface area contributed by atoms with Gasteiger partial charge in [-0.1, -0.05) is 29.3 Å². The third kappa shape index (κ3) is 2.63. The fourth-order valence-electron chi connectivity index (χ4n) is 1.47. The monoisotopic (exact) mass is 290 g/mol. The zero-order valence-corrected chi connectivity index (χ0v) is 11.2. The lowest BCUT2D eigenvalue weighted by Gasteiger charge is -2.09. The molecule has 5 heteroatoms. The van der Waals surface area contributed by atoms with Crippen molar-refractivity contribution in [3.05, 3.63) is 55.4 Å². The Morgan fingerprint density at radius 3 is 2.53 bits per heavy atom. The van der Waals surface area contributed by atoms with E-state index in [0.717, 1.165) is 10.4 Å². The molecule has 17 heavy (non-hydrogen) atoms. The maximum atomic E-state index is 13.0. The van der Waals surface area contributed by atoms with E-state index in [1.54, 1.807) is 0 Å². The minimum Gasteiger partial charge on any atom is -0.383 e. The predicted molar refractivity (Wildman–Crippen MR) is 69.5 cm³/mol. The highest BCUT2D eigenvalue weighted by Crippen LogP contribution is 2.34. The summed E-state index contributed by atoms with van der Waals surface area (Å²) in [7, 11) is 0. The van der Waals surface area contributed by atoms with Crippen LogP contribution in [-0.4, -0.2) is 5.11 Å². The van der Waals surface area contributed by atoms with Crippen LogP contribution in [0.15, 0.2) is 24.3 Å². The molecule has 1 heterocycles. The van der Waals surface area contributed by atoms with Crippen molar-refractivity contribution < 1.29 is 9.50 Å². The van der Waals surface area contributed by atoms with Crippen LogP contribution in [-0.2, 0) is 0 Å². The quantitative estimate of drug-likeness (QED) is 0.858. The fourth-order valence-corrected chi connectivity index (χ4v) is 2.89. The Bertz CT molecular complexity index is 534. The summed E-state index contributed by atoms with van der Waals surface area (Å²) in [5.74, 6) is -0.497. The third-order valence-corrected chi connectivity index (χ3v) is 4.30. The molecular formula is C12H9Cl2FOS. The molecule has 1 aromatic carbocycles. The van der Waals surface area contributed by atoms with E-state index in [4.69, 9.17) is 23.2 Å². The number of hydrogen-bond acceptors (Lipinski definition) is 2. The van der Waals surface area contributed by atoms with Gasteiger partial charge in [-0.3, -0.25) is 0 Å². The summed E-state index contributed by atoms with van der Waals surface area (Å²) in [4.78, 5) is 0.718. The van der Waals surface area contributed by atoms with Crippen LogP contribution in [0.2, 0.25) is 9.36 Å². The Hall–Kier alpha value is -0.610. The lowest BCUT2D eigenvalue weighted by atomic mass is 10.1. The number of benzene rings is 1. The highest BCUT2D eigenvalue weighted by molar-refractivity contribution is 7.16. The van der Waals surface area contributed by atoms with Gasteiger partial charge in [0, 0.05) is 4.88 Å². The van der Waals surface area contributed by atoms with Crippen molar-refractivity contribution in [2.75, 3.05) is 0 Å². The zero-order valence-electron chi connectivity index (χ0n) is 8.88. The minimum absolute atomic E-state index is 0.000856. The second-order valence-corrected chi connectivity index (χ2v) is 5.77. The van der Waals surface area contributed by atoms with E-state index in [9.17, 15) is 9.50 Å². The molecule has 0 bridgehead atoms. The van der Waals surface area contributed by atoms with Gasteiger partial charge in [-0.25, -0.2) is 4.39 Å². The van der Waals surface area contributed by atoms with Crippen LogP contribution in [0.25, 0.3) is 0 Å². The van der Waals surface area contributed by atoms with Crippen molar-refractivity contribution in [1.82, 2.24) is 0 Å². The lowest BCUT2D eigenvalue weighted by molar-refractivity contribution is 0.224. The van der Waals surface area contributed by atoms with Crippen LogP contribution in [0.5, 0.6) is 0 Å². The van der Waals surface area contributed by atoms with Gasteiger partial charge >= 0.3 is 0 Å². The van der Waals surface area contributed by atoms with E-state index in [0.29, 0.717) is 9.90 Å². The normalized spacial score (nSPS) is 12.8. The van der Waals surface area contributed by atoms with Gasteiger partial charge in [-0.05, 0) is 36.2 Å². The maximum Gasteiger partial charge on any atom is 0.141 e. The minimum atomic E-state index is -0.829. The molecule has 1 N–H and O–H groups in total. The summed E-state index contributed by atoms with van der Waals surface area (Å²) in [5, 5.41) is 10.1. The molecule has 90 valence electrons. The van der Waals surface area contributed by atoms with Crippen LogP contribution < -0.4 is 0 Å². The molecule has 0 spiro atoms. The maximum absolute atomic E-state index is 13.0. The van der Waals surface area contributed by atoms with Gasteiger partial charge in [0.25, 0.3) is 0 Å². The summed E-state index contributed by atoms with van der Waals surface area (Å²) in [5.41, 5.74) is 1.47. The number of hydrogen-bond donors (Lipinski definition) is 1. The summed E-state index contributed by atoms with van der Waals surface area (Å²) in [6, 6.07) is 5.98. The average Bonchev–Trinajstić information content (AvgIpc) is 2.62. The Kier molecular flexibility index (Phi) is 3.73. The van der Waals surface area contributed by atoms with Crippen molar-refractivity contribution in [3.63, 3.8) is 0 Å². The molecule has 1 unspecified atom stereocenters. The van der Waals surface area contributed by atoms with Crippen LogP contribution in [0.1, 0.15) is 22.1 Å². The highest BCUT2D eigenvalue weighted by atomic mass is 35.5. The van der Waals surface area contributed by atoms with Crippen molar-refractivity contribution in [1.29, 1.82) is 0 Å². The van der Waals surface area contributed by atoms with Gasteiger partial charge in [0.05, 0.1) is 9.36 Å². The van der Waals surface area contributed by atoms with Gasteiger partial charge in [0.1, 0.15) is 11.9 Å². The number of aliphatic hydroxyl groups is 1. The molecule has 0 aliphatic carbocycles. The summed E-state index contributed by atoms with van der Waals surface area (Å²) in [6.07, 6.45) is -0.829. The summed E-state index contributed by atoms with van der Waals surface area (Å²) < 4.78 is 13.6. The number of halogens is 3. The highest BCUT2D eigenvalue weighted by Gasteiger charge is 2.15. The molecular weight excluding hydrogens is 282 g/mol. The molecule has 0 saturated heterocycles. The van der Waals surface area contributed by atoms with E-state index in [2.05, 4.69) is 0 Å². The Morgan fingerprint density at radius 1 is 1.29 bits per heavy atom. The second-order valence-electron chi connectivity index (χ2n) is 3.68. The number of thiophene rings is 1. The number of rotatable bonds is 2. The predicted octanol–water partition coefficient (Wildman–Crippen LogP) is 4.58. The fraction of sp³-hybridized carbons (Fsp3) is 0.167. The molecule has 2 rings (SSSR count). The van der Waals surface area contributed by atoms with Crippen LogP contribution >= 0.6 is 34.5 Å². The largest absolute Gasteiger partial charge is 0.383 e. The number of aryl methyl sites for hydroxylation is 1. The topological polar surface area (TPSA) is 20.2 Å². The first-order valence-corrected chi connectivity index (χ1v) is 6.45. The first-order chi connectivity index (χ1) is 7.99. The molecule has 0 aliphatic rings.